The minimum atomic E-state index is -0.998. The molecule has 0 saturated heterocycles. The molecule has 4 nitrogen and oxygen atoms in total. The molecule has 0 aliphatic heterocycles. The van der Waals surface area contributed by atoms with Gasteiger partial charge in [0.15, 0.2) is 11.5 Å². The average molecular weight is 353 g/mol. The Kier molecular flexibility index (Phi) is 7.41. The third-order valence-electron chi connectivity index (χ3n) is 2.40. The monoisotopic (exact) mass is 352 g/mol. The predicted molar refractivity (Wildman–Crippen MR) is 85.5 cm³/mol. The van der Waals surface area contributed by atoms with Crippen LogP contribution in [0.25, 0.3) is 6.08 Å². The van der Waals surface area contributed by atoms with E-state index < -0.39 is 5.97 Å². The first kappa shape index (κ1) is 17.1. The van der Waals surface area contributed by atoms with Crippen molar-refractivity contribution in [2.24, 2.45) is 0 Å². The Bertz CT molecular complexity index is 582. The van der Waals surface area contributed by atoms with Gasteiger partial charge in [-0.05, 0) is 53.5 Å². The van der Waals surface area contributed by atoms with Gasteiger partial charge in [-0.3, -0.25) is 0 Å². The van der Waals surface area contributed by atoms with E-state index in [-0.39, 0.29) is 0 Å². The molecule has 21 heavy (non-hydrogen) atoms. The summed E-state index contributed by atoms with van der Waals surface area (Å²) in [5.74, 6) is 5.91. The SMILES string of the molecule is CC#CCCOc1c(Br)cc(/C=C/C(=O)O)cc1OCC. The van der Waals surface area contributed by atoms with Gasteiger partial charge in [-0.2, -0.15) is 0 Å². The highest BCUT2D eigenvalue weighted by molar-refractivity contribution is 9.10. The molecule has 5 heteroatoms. The van der Waals surface area contributed by atoms with Crippen molar-refractivity contribution in [3.63, 3.8) is 0 Å². The second-order valence-electron chi connectivity index (χ2n) is 3.96. The molecule has 0 amide bonds. The molecular weight excluding hydrogens is 336 g/mol. The summed E-state index contributed by atoms with van der Waals surface area (Å²) in [4.78, 5) is 10.6. The maximum Gasteiger partial charge on any atom is 0.328 e. The third-order valence-corrected chi connectivity index (χ3v) is 2.99. The number of aliphatic carboxylic acids is 1. The fraction of sp³-hybridized carbons (Fsp3) is 0.312. The largest absolute Gasteiger partial charge is 0.490 e. The van der Waals surface area contributed by atoms with Crippen LogP contribution in [0.3, 0.4) is 0 Å². The summed E-state index contributed by atoms with van der Waals surface area (Å²) in [6.07, 6.45) is 3.21. The van der Waals surface area contributed by atoms with Crippen LogP contribution < -0.4 is 9.47 Å². The zero-order valence-corrected chi connectivity index (χ0v) is 13.6. The van der Waals surface area contributed by atoms with Crippen LogP contribution in [0.5, 0.6) is 11.5 Å². The summed E-state index contributed by atoms with van der Waals surface area (Å²) >= 11 is 3.42. The molecule has 0 aliphatic rings. The molecule has 1 rings (SSSR count). The number of halogens is 1. The van der Waals surface area contributed by atoms with Crippen LogP contribution in [0, 0.1) is 11.8 Å². The van der Waals surface area contributed by atoms with Gasteiger partial charge in [-0.1, -0.05) is 0 Å². The van der Waals surface area contributed by atoms with E-state index in [1.54, 1.807) is 19.1 Å². The zero-order chi connectivity index (χ0) is 15.7. The fourth-order valence-corrected chi connectivity index (χ4v) is 2.16. The van der Waals surface area contributed by atoms with Crippen LogP contribution in [0.4, 0.5) is 0 Å². The summed E-state index contributed by atoms with van der Waals surface area (Å²) in [6.45, 7) is 4.61. The summed E-state index contributed by atoms with van der Waals surface area (Å²) in [6, 6.07) is 3.53. The predicted octanol–water partition coefficient (Wildman–Crippen LogP) is 3.74. The molecule has 1 N–H and O–H groups in total. The minimum Gasteiger partial charge on any atom is -0.490 e. The first-order valence-electron chi connectivity index (χ1n) is 6.48. The Morgan fingerprint density at radius 1 is 1.43 bits per heavy atom. The van der Waals surface area contributed by atoms with Gasteiger partial charge in [0.1, 0.15) is 0 Å². The lowest BCUT2D eigenvalue weighted by atomic mass is 10.2. The first-order chi connectivity index (χ1) is 10.1. The number of carboxylic acids is 1. The van der Waals surface area contributed by atoms with Gasteiger partial charge >= 0.3 is 5.97 Å². The molecule has 0 bridgehead atoms. The van der Waals surface area contributed by atoms with E-state index in [0.29, 0.717) is 41.2 Å². The molecule has 0 spiro atoms. The van der Waals surface area contributed by atoms with Gasteiger partial charge in [-0.15, -0.1) is 11.8 Å². The van der Waals surface area contributed by atoms with Crippen molar-refractivity contribution >= 4 is 28.0 Å². The lowest BCUT2D eigenvalue weighted by Crippen LogP contribution is -2.01. The molecule has 0 atom stereocenters. The molecule has 112 valence electrons. The second-order valence-corrected chi connectivity index (χ2v) is 4.81. The van der Waals surface area contributed by atoms with Gasteiger partial charge in [0.05, 0.1) is 17.7 Å². The number of hydrogen-bond donors (Lipinski definition) is 1. The number of carbonyl (C=O) groups is 1. The summed E-state index contributed by atoms with van der Waals surface area (Å²) in [5, 5.41) is 8.67. The van der Waals surface area contributed by atoms with Gasteiger partial charge in [0.2, 0.25) is 0 Å². The molecule has 0 radical (unpaired) electrons. The van der Waals surface area contributed by atoms with Crippen LogP contribution in [0.2, 0.25) is 0 Å². The minimum absolute atomic E-state index is 0.462. The van der Waals surface area contributed by atoms with Crippen LogP contribution in [-0.4, -0.2) is 24.3 Å². The topological polar surface area (TPSA) is 55.8 Å². The Morgan fingerprint density at radius 2 is 2.19 bits per heavy atom. The van der Waals surface area contributed by atoms with Crippen molar-refractivity contribution in [2.75, 3.05) is 13.2 Å². The highest BCUT2D eigenvalue weighted by atomic mass is 79.9. The molecule has 0 aliphatic carbocycles. The molecule has 0 aromatic heterocycles. The van der Waals surface area contributed by atoms with Gasteiger partial charge in [0, 0.05) is 12.5 Å². The summed E-state index contributed by atoms with van der Waals surface area (Å²) in [7, 11) is 0. The van der Waals surface area contributed by atoms with Crippen molar-refractivity contribution in [2.45, 2.75) is 20.3 Å². The molecule has 0 fully saturated rings. The zero-order valence-electron chi connectivity index (χ0n) is 12.0. The number of ether oxygens (including phenoxy) is 2. The molecule has 0 heterocycles. The van der Waals surface area contributed by atoms with Crippen molar-refractivity contribution in [1.29, 1.82) is 0 Å². The quantitative estimate of drug-likeness (QED) is 0.461. The Hall–Kier alpha value is -1.93. The van der Waals surface area contributed by atoms with Crippen LogP contribution in [-0.2, 0) is 4.79 Å². The highest BCUT2D eigenvalue weighted by Crippen LogP contribution is 2.37. The lowest BCUT2D eigenvalue weighted by molar-refractivity contribution is -0.131. The Balaban J connectivity index is 2.99. The van der Waals surface area contributed by atoms with Gasteiger partial charge in [0.25, 0.3) is 0 Å². The maximum absolute atomic E-state index is 10.6. The van der Waals surface area contributed by atoms with Crippen molar-refractivity contribution in [3.8, 4) is 23.3 Å². The highest BCUT2D eigenvalue weighted by Gasteiger charge is 2.11. The van der Waals surface area contributed by atoms with E-state index in [1.165, 1.54) is 6.08 Å². The van der Waals surface area contributed by atoms with Gasteiger partial charge < -0.3 is 14.6 Å². The number of rotatable bonds is 7. The molecule has 1 aromatic carbocycles. The van der Waals surface area contributed by atoms with E-state index in [4.69, 9.17) is 14.6 Å². The van der Waals surface area contributed by atoms with Crippen molar-refractivity contribution in [1.82, 2.24) is 0 Å². The number of benzene rings is 1. The second kappa shape index (κ2) is 9.09. The van der Waals surface area contributed by atoms with Gasteiger partial charge in [-0.25, -0.2) is 4.79 Å². The molecule has 0 saturated carbocycles. The van der Waals surface area contributed by atoms with E-state index in [9.17, 15) is 4.79 Å². The number of carboxylic acid groups (broad SMARTS) is 1. The van der Waals surface area contributed by atoms with E-state index >= 15 is 0 Å². The molecular formula is C16H17BrO4. The smallest absolute Gasteiger partial charge is 0.328 e. The van der Waals surface area contributed by atoms with Crippen molar-refractivity contribution in [3.05, 3.63) is 28.2 Å². The van der Waals surface area contributed by atoms with Crippen LogP contribution in [0.15, 0.2) is 22.7 Å². The van der Waals surface area contributed by atoms with Crippen molar-refractivity contribution < 1.29 is 19.4 Å². The molecule has 0 unspecified atom stereocenters. The maximum atomic E-state index is 10.6. The first-order valence-corrected chi connectivity index (χ1v) is 7.27. The molecule has 1 aromatic rings. The number of hydrogen-bond acceptors (Lipinski definition) is 3. The van der Waals surface area contributed by atoms with Crippen LogP contribution in [0.1, 0.15) is 25.8 Å². The van der Waals surface area contributed by atoms with E-state index in [2.05, 4.69) is 27.8 Å². The Morgan fingerprint density at radius 3 is 2.81 bits per heavy atom. The Labute approximate surface area is 132 Å². The fourth-order valence-electron chi connectivity index (χ4n) is 1.58. The summed E-state index contributed by atoms with van der Waals surface area (Å²) in [5.41, 5.74) is 0.716. The van der Waals surface area contributed by atoms with E-state index in [0.717, 1.165) is 6.08 Å². The average Bonchev–Trinajstić information content (AvgIpc) is 2.43. The standard InChI is InChI=1S/C16H17BrO4/c1-3-5-6-9-21-16-13(17)10-12(7-8-15(18)19)11-14(16)20-4-2/h7-8,10-11H,4,6,9H2,1-2H3,(H,18,19)/b8-7+. The van der Waals surface area contributed by atoms with E-state index in [1.807, 2.05) is 6.92 Å². The van der Waals surface area contributed by atoms with Crippen LogP contribution >= 0.6 is 15.9 Å². The third kappa shape index (κ3) is 5.92. The normalized spacial score (nSPS) is 10.0. The summed E-state index contributed by atoms with van der Waals surface area (Å²) < 4.78 is 11.9. The lowest BCUT2D eigenvalue weighted by Gasteiger charge is -2.14.